The van der Waals surface area contributed by atoms with Crippen LogP contribution in [0, 0.1) is 5.41 Å². The number of hydrogen-bond acceptors (Lipinski definition) is 5. The Morgan fingerprint density at radius 2 is 1.73 bits per heavy atom. The van der Waals surface area contributed by atoms with E-state index in [-0.39, 0.29) is 0 Å². The molecule has 0 aliphatic carbocycles. The lowest BCUT2D eigenvalue weighted by atomic mass is 9.80. The molecular weight excluding hydrogens is 204 g/mol. The van der Waals surface area contributed by atoms with Gasteiger partial charge in [-0.3, -0.25) is 19.2 Å². The van der Waals surface area contributed by atoms with E-state index in [1.165, 1.54) is 0 Å². The summed E-state index contributed by atoms with van der Waals surface area (Å²) in [5, 5.41) is 8.40. The van der Waals surface area contributed by atoms with Gasteiger partial charge in [-0.25, -0.2) is 0 Å². The van der Waals surface area contributed by atoms with E-state index < -0.39 is 35.3 Å². The van der Waals surface area contributed by atoms with E-state index in [0.717, 1.165) is 21.0 Å². The minimum atomic E-state index is -2.02. The second-order valence-corrected chi connectivity index (χ2v) is 3.17. The molecule has 84 valence electrons. The maximum atomic E-state index is 11.4. The molecule has 0 bridgehead atoms. The molecule has 15 heavy (non-hydrogen) atoms. The third-order valence-electron chi connectivity index (χ3n) is 2.17. The van der Waals surface area contributed by atoms with Crippen LogP contribution >= 0.6 is 0 Å². The van der Waals surface area contributed by atoms with E-state index in [1.54, 1.807) is 0 Å². The zero-order valence-corrected chi connectivity index (χ0v) is 8.70. The maximum Gasteiger partial charge on any atom is 0.326 e. The number of ketones is 2. The highest BCUT2D eigenvalue weighted by Crippen LogP contribution is 2.22. The lowest BCUT2D eigenvalue weighted by Gasteiger charge is -2.20. The number of rotatable bonds is 5. The van der Waals surface area contributed by atoms with Gasteiger partial charge in [-0.05, 0) is 13.8 Å². The molecule has 0 aromatic heterocycles. The molecule has 0 radical (unpaired) electrons. The topological polar surface area (TPSA) is 97.7 Å². The molecule has 0 aliphatic heterocycles. The standard InChI is InChI=1S/C9H12O6/c1-5(10)9(2,8(14)15-3)6(11)4-7(12)13/h4H2,1-3H3,(H,12,13). The maximum absolute atomic E-state index is 11.4. The highest BCUT2D eigenvalue weighted by Gasteiger charge is 2.47. The van der Waals surface area contributed by atoms with Gasteiger partial charge in [0.05, 0.1) is 7.11 Å². The molecular formula is C9H12O6. The quantitative estimate of drug-likeness (QED) is 0.504. The van der Waals surface area contributed by atoms with Crippen LogP contribution in [0.2, 0.25) is 0 Å². The van der Waals surface area contributed by atoms with Gasteiger partial charge in [0.25, 0.3) is 0 Å². The number of hydrogen-bond donors (Lipinski definition) is 1. The fraction of sp³-hybridized carbons (Fsp3) is 0.556. The van der Waals surface area contributed by atoms with Crippen molar-refractivity contribution in [3.8, 4) is 0 Å². The Morgan fingerprint density at radius 1 is 1.27 bits per heavy atom. The molecule has 6 nitrogen and oxygen atoms in total. The predicted octanol–water partition coefficient (Wildman–Crippen LogP) is -0.202. The Morgan fingerprint density at radius 3 is 2.00 bits per heavy atom. The number of carbonyl (C=O) groups is 4. The van der Waals surface area contributed by atoms with Crippen molar-refractivity contribution in [3.63, 3.8) is 0 Å². The normalized spacial score (nSPS) is 13.8. The first kappa shape index (κ1) is 13.3. The first-order chi connectivity index (χ1) is 6.76. The van der Waals surface area contributed by atoms with Gasteiger partial charge in [-0.1, -0.05) is 0 Å². The SMILES string of the molecule is COC(=O)C(C)(C(C)=O)C(=O)CC(=O)O. The summed E-state index contributed by atoms with van der Waals surface area (Å²) in [7, 11) is 1.03. The number of ether oxygens (including phenoxy) is 1. The van der Waals surface area contributed by atoms with Crippen LogP contribution in [-0.2, 0) is 23.9 Å². The summed E-state index contributed by atoms with van der Waals surface area (Å²) >= 11 is 0. The summed E-state index contributed by atoms with van der Waals surface area (Å²) in [5.74, 6) is -4.15. The first-order valence-electron chi connectivity index (χ1n) is 4.11. The first-order valence-corrected chi connectivity index (χ1v) is 4.11. The molecule has 6 heteroatoms. The zero-order chi connectivity index (χ0) is 12.2. The highest BCUT2D eigenvalue weighted by molar-refractivity contribution is 6.23. The summed E-state index contributed by atoms with van der Waals surface area (Å²) in [6, 6.07) is 0. The Bertz CT molecular complexity index is 319. The number of Topliss-reactive ketones (excluding diaryl/α,β-unsaturated/α-hetero) is 2. The van der Waals surface area contributed by atoms with Crippen LogP contribution in [0.15, 0.2) is 0 Å². The van der Waals surface area contributed by atoms with E-state index in [4.69, 9.17) is 5.11 Å². The summed E-state index contributed by atoms with van der Waals surface area (Å²) in [4.78, 5) is 44.1. The average Bonchev–Trinajstić information content (AvgIpc) is 2.13. The Kier molecular flexibility index (Phi) is 4.14. The number of carboxylic acid groups (broad SMARTS) is 1. The second-order valence-electron chi connectivity index (χ2n) is 3.17. The van der Waals surface area contributed by atoms with Crippen molar-refractivity contribution in [1.29, 1.82) is 0 Å². The van der Waals surface area contributed by atoms with Crippen molar-refractivity contribution in [2.24, 2.45) is 5.41 Å². The smallest absolute Gasteiger partial charge is 0.326 e. The third-order valence-corrected chi connectivity index (χ3v) is 2.17. The summed E-state index contributed by atoms with van der Waals surface area (Å²) in [5.41, 5.74) is -2.02. The van der Waals surface area contributed by atoms with E-state index >= 15 is 0 Å². The summed E-state index contributed by atoms with van der Waals surface area (Å²) in [6.07, 6.45) is -0.884. The molecule has 0 saturated heterocycles. The summed E-state index contributed by atoms with van der Waals surface area (Å²) in [6.45, 7) is 2.10. The van der Waals surface area contributed by atoms with Gasteiger partial charge in [-0.15, -0.1) is 0 Å². The van der Waals surface area contributed by atoms with Gasteiger partial charge in [0.15, 0.2) is 17.0 Å². The highest BCUT2D eigenvalue weighted by atomic mass is 16.5. The molecule has 0 saturated carbocycles. The van der Waals surface area contributed by atoms with Crippen molar-refractivity contribution in [2.45, 2.75) is 20.3 Å². The lowest BCUT2D eigenvalue weighted by molar-refractivity contribution is -0.161. The number of carboxylic acids is 1. The molecule has 0 aromatic carbocycles. The predicted molar refractivity (Wildman–Crippen MR) is 48.1 cm³/mol. The number of carbonyl (C=O) groups excluding carboxylic acids is 3. The van der Waals surface area contributed by atoms with Crippen molar-refractivity contribution < 1.29 is 29.0 Å². The molecule has 0 spiro atoms. The molecule has 0 fully saturated rings. The van der Waals surface area contributed by atoms with Gasteiger partial charge in [-0.2, -0.15) is 0 Å². The van der Waals surface area contributed by atoms with E-state index in [9.17, 15) is 19.2 Å². The molecule has 0 aromatic rings. The molecule has 0 amide bonds. The third kappa shape index (κ3) is 2.61. The van der Waals surface area contributed by atoms with Crippen LogP contribution in [0.1, 0.15) is 20.3 Å². The Labute approximate surface area is 86.2 Å². The number of esters is 1. The molecule has 1 N–H and O–H groups in total. The van der Waals surface area contributed by atoms with Gasteiger partial charge in [0.2, 0.25) is 0 Å². The van der Waals surface area contributed by atoms with Crippen molar-refractivity contribution in [2.75, 3.05) is 7.11 Å². The van der Waals surface area contributed by atoms with E-state index in [2.05, 4.69) is 4.74 Å². The van der Waals surface area contributed by atoms with Gasteiger partial charge in [0, 0.05) is 0 Å². The van der Waals surface area contributed by atoms with Gasteiger partial charge < -0.3 is 9.84 Å². The minimum absolute atomic E-state index is 0.736. The number of methoxy groups -OCH3 is 1. The summed E-state index contributed by atoms with van der Waals surface area (Å²) < 4.78 is 4.31. The minimum Gasteiger partial charge on any atom is -0.481 e. The van der Waals surface area contributed by atoms with Crippen molar-refractivity contribution >= 4 is 23.5 Å². The largest absolute Gasteiger partial charge is 0.481 e. The van der Waals surface area contributed by atoms with Crippen LogP contribution in [0.25, 0.3) is 0 Å². The van der Waals surface area contributed by atoms with Crippen LogP contribution < -0.4 is 0 Å². The molecule has 0 aliphatic rings. The van der Waals surface area contributed by atoms with Crippen LogP contribution in [-0.4, -0.2) is 35.7 Å². The monoisotopic (exact) mass is 216 g/mol. The fourth-order valence-electron chi connectivity index (χ4n) is 0.972. The van der Waals surface area contributed by atoms with Crippen LogP contribution in [0.4, 0.5) is 0 Å². The van der Waals surface area contributed by atoms with E-state index in [0.29, 0.717) is 0 Å². The second kappa shape index (κ2) is 4.68. The zero-order valence-electron chi connectivity index (χ0n) is 8.70. The molecule has 1 unspecified atom stereocenters. The van der Waals surface area contributed by atoms with E-state index in [1.807, 2.05) is 0 Å². The fourth-order valence-corrected chi connectivity index (χ4v) is 0.972. The van der Waals surface area contributed by atoms with Crippen LogP contribution in [0.3, 0.4) is 0 Å². The van der Waals surface area contributed by atoms with Crippen LogP contribution in [0.5, 0.6) is 0 Å². The lowest BCUT2D eigenvalue weighted by Crippen LogP contribution is -2.44. The van der Waals surface area contributed by atoms with Gasteiger partial charge in [0.1, 0.15) is 6.42 Å². The Hall–Kier alpha value is -1.72. The van der Waals surface area contributed by atoms with Gasteiger partial charge >= 0.3 is 11.9 Å². The van der Waals surface area contributed by atoms with Crippen molar-refractivity contribution in [1.82, 2.24) is 0 Å². The van der Waals surface area contributed by atoms with Crippen molar-refractivity contribution in [3.05, 3.63) is 0 Å². The Balaban J connectivity index is 5.12. The number of aliphatic carboxylic acids is 1. The molecule has 0 rings (SSSR count). The molecule has 0 heterocycles. The molecule has 1 atom stereocenters. The average molecular weight is 216 g/mol.